The number of carbonyl (C=O) groups is 2. The highest BCUT2D eigenvalue weighted by Crippen LogP contribution is 2.25. The van der Waals surface area contributed by atoms with Crippen molar-refractivity contribution in [3.63, 3.8) is 0 Å². The van der Waals surface area contributed by atoms with E-state index in [1.807, 2.05) is 0 Å². The van der Waals surface area contributed by atoms with Gasteiger partial charge in [0.2, 0.25) is 0 Å². The van der Waals surface area contributed by atoms with Gasteiger partial charge >= 0.3 is 5.97 Å². The zero-order chi connectivity index (χ0) is 10.0. The molecule has 0 radical (unpaired) electrons. The Labute approximate surface area is 76.8 Å². The van der Waals surface area contributed by atoms with Crippen LogP contribution < -0.4 is 0 Å². The van der Waals surface area contributed by atoms with E-state index in [0.29, 0.717) is 6.04 Å². The van der Waals surface area contributed by atoms with Crippen LogP contribution in [-0.2, 0) is 9.59 Å². The predicted octanol–water partition coefficient (Wildman–Crippen LogP) is 0.638. The van der Waals surface area contributed by atoms with Crippen molar-refractivity contribution in [3.05, 3.63) is 11.8 Å². The molecule has 0 aromatic carbocycles. The van der Waals surface area contributed by atoms with Gasteiger partial charge in [-0.15, -0.1) is 0 Å². The standard InChI is InChI=1S/C9H13NO3/c1-6(11)8(9(12)13)5-10(2)7-3-4-7/h5,7H,3-4H2,1-2H3,(H,12,13). The molecule has 1 saturated carbocycles. The molecule has 0 aromatic heterocycles. The summed E-state index contributed by atoms with van der Waals surface area (Å²) in [4.78, 5) is 23.3. The van der Waals surface area contributed by atoms with Gasteiger partial charge < -0.3 is 10.0 Å². The highest BCUT2D eigenvalue weighted by molar-refractivity contribution is 6.15. The van der Waals surface area contributed by atoms with Crippen molar-refractivity contribution in [2.45, 2.75) is 25.8 Å². The number of nitrogens with zero attached hydrogens (tertiary/aromatic N) is 1. The third-order valence-corrected chi connectivity index (χ3v) is 2.07. The lowest BCUT2D eigenvalue weighted by Crippen LogP contribution is -2.18. The first-order chi connectivity index (χ1) is 6.02. The van der Waals surface area contributed by atoms with Crippen LogP contribution in [0.4, 0.5) is 0 Å². The molecule has 1 aliphatic carbocycles. The highest BCUT2D eigenvalue weighted by Gasteiger charge is 2.26. The molecule has 72 valence electrons. The Kier molecular flexibility index (Phi) is 2.70. The minimum absolute atomic E-state index is 0.144. The second-order valence-electron chi connectivity index (χ2n) is 3.30. The molecule has 13 heavy (non-hydrogen) atoms. The lowest BCUT2D eigenvalue weighted by Gasteiger charge is -2.12. The number of carbonyl (C=O) groups excluding carboxylic acids is 1. The number of Topliss-reactive ketones (excluding diaryl/α,β-unsaturated/α-hetero) is 1. The molecule has 0 unspecified atom stereocenters. The Hall–Kier alpha value is -1.32. The monoisotopic (exact) mass is 183 g/mol. The number of rotatable bonds is 4. The van der Waals surface area contributed by atoms with E-state index in [2.05, 4.69) is 0 Å². The SMILES string of the molecule is CC(=O)C(=CN(C)C1CC1)C(=O)O. The van der Waals surface area contributed by atoms with Crippen LogP contribution in [0.15, 0.2) is 11.8 Å². The van der Waals surface area contributed by atoms with Crippen LogP contribution >= 0.6 is 0 Å². The number of aliphatic carboxylic acids is 1. The zero-order valence-corrected chi connectivity index (χ0v) is 7.78. The Bertz CT molecular complexity index is 250. The van der Waals surface area contributed by atoms with E-state index in [0.717, 1.165) is 12.8 Å². The molecule has 0 aromatic rings. The minimum atomic E-state index is -1.15. The van der Waals surface area contributed by atoms with Crippen molar-refractivity contribution < 1.29 is 14.7 Å². The van der Waals surface area contributed by atoms with Gasteiger partial charge in [-0.3, -0.25) is 4.79 Å². The van der Waals surface area contributed by atoms with Crippen molar-refractivity contribution in [2.75, 3.05) is 7.05 Å². The first-order valence-electron chi connectivity index (χ1n) is 4.20. The molecule has 1 rings (SSSR count). The van der Waals surface area contributed by atoms with Crippen LogP contribution in [0.1, 0.15) is 19.8 Å². The second-order valence-corrected chi connectivity index (χ2v) is 3.30. The highest BCUT2D eigenvalue weighted by atomic mass is 16.4. The molecule has 4 nitrogen and oxygen atoms in total. The lowest BCUT2D eigenvalue weighted by molar-refractivity contribution is -0.134. The summed E-state index contributed by atoms with van der Waals surface area (Å²) in [7, 11) is 1.80. The third-order valence-electron chi connectivity index (χ3n) is 2.07. The van der Waals surface area contributed by atoms with Crippen molar-refractivity contribution >= 4 is 11.8 Å². The fourth-order valence-electron chi connectivity index (χ4n) is 1.09. The molecule has 4 heteroatoms. The topological polar surface area (TPSA) is 57.6 Å². The average molecular weight is 183 g/mol. The Morgan fingerprint density at radius 1 is 1.46 bits per heavy atom. The van der Waals surface area contributed by atoms with Crippen LogP contribution in [0.5, 0.6) is 0 Å². The largest absolute Gasteiger partial charge is 0.478 e. The van der Waals surface area contributed by atoms with E-state index in [9.17, 15) is 9.59 Å². The van der Waals surface area contributed by atoms with Gasteiger partial charge in [0.05, 0.1) is 0 Å². The number of carboxylic acid groups (broad SMARTS) is 1. The Morgan fingerprint density at radius 2 is 2.00 bits per heavy atom. The molecule has 1 fully saturated rings. The van der Waals surface area contributed by atoms with Crippen LogP contribution in [0, 0.1) is 0 Å². The van der Waals surface area contributed by atoms with E-state index in [-0.39, 0.29) is 5.57 Å². The van der Waals surface area contributed by atoms with E-state index >= 15 is 0 Å². The van der Waals surface area contributed by atoms with E-state index in [4.69, 9.17) is 5.11 Å². The van der Waals surface area contributed by atoms with Gasteiger partial charge in [0.1, 0.15) is 5.57 Å². The van der Waals surface area contributed by atoms with Crippen molar-refractivity contribution in [3.8, 4) is 0 Å². The van der Waals surface area contributed by atoms with E-state index < -0.39 is 11.8 Å². The summed E-state index contributed by atoms with van der Waals surface area (Å²) in [5.41, 5.74) is -0.144. The maximum Gasteiger partial charge on any atom is 0.340 e. The van der Waals surface area contributed by atoms with Gasteiger partial charge in [-0.1, -0.05) is 0 Å². The molecule has 0 atom stereocenters. The van der Waals surface area contributed by atoms with Crippen LogP contribution in [0.25, 0.3) is 0 Å². The second kappa shape index (κ2) is 3.60. The van der Waals surface area contributed by atoms with Crippen LogP contribution in [0.3, 0.4) is 0 Å². The third kappa shape index (κ3) is 2.57. The Morgan fingerprint density at radius 3 is 2.31 bits per heavy atom. The molecule has 0 bridgehead atoms. The predicted molar refractivity (Wildman–Crippen MR) is 47.2 cm³/mol. The van der Waals surface area contributed by atoms with Crippen molar-refractivity contribution in [1.29, 1.82) is 0 Å². The summed E-state index contributed by atoms with van der Waals surface area (Å²) in [6.45, 7) is 1.26. The van der Waals surface area contributed by atoms with Crippen LogP contribution in [-0.4, -0.2) is 34.8 Å². The fraction of sp³-hybridized carbons (Fsp3) is 0.556. The molecule has 0 saturated heterocycles. The summed E-state index contributed by atoms with van der Waals surface area (Å²) in [5.74, 6) is -1.56. The maximum absolute atomic E-state index is 10.9. The van der Waals surface area contributed by atoms with Gasteiger partial charge in [0.15, 0.2) is 5.78 Å². The maximum atomic E-state index is 10.9. The van der Waals surface area contributed by atoms with Gasteiger partial charge in [0, 0.05) is 19.3 Å². The van der Waals surface area contributed by atoms with Crippen LogP contribution in [0.2, 0.25) is 0 Å². The fourth-order valence-corrected chi connectivity index (χ4v) is 1.09. The zero-order valence-electron chi connectivity index (χ0n) is 7.78. The quantitative estimate of drug-likeness (QED) is 0.394. The summed E-state index contributed by atoms with van der Waals surface area (Å²) in [6.07, 6.45) is 3.58. The number of hydrogen-bond acceptors (Lipinski definition) is 3. The summed E-state index contributed by atoms with van der Waals surface area (Å²) in [5, 5.41) is 8.68. The summed E-state index contributed by atoms with van der Waals surface area (Å²) >= 11 is 0. The number of hydrogen-bond donors (Lipinski definition) is 1. The van der Waals surface area contributed by atoms with E-state index in [1.54, 1.807) is 11.9 Å². The molecule has 0 aliphatic heterocycles. The molecular weight excluding hydrogens is 170 g/mol. The average Bonchev–Trinajstić information content (AvgIpc) is 2.80. The van der Waals surface area contributed by atoms with E-state index in [1.165, 1.54) is 13.1 Å². The molecule has 0 spiro atoms. The van der Waals surface area contributed by atoms with Gasteiger partial charge in [-0.2, -0.15) is 0 Å². The normalized spacial score (nSPS) is 16.9. The molecule has 1 N–H and O–H groups in total. The summed E-state index contributed by atoms with van der Waals surface area (Å²) < 4.78 is 0. The lowest BCUT2D eigenvalue weighted by atomic mass is 10.2. The van der Waals surface area contributed by atoms with Gasteiger partial charge in [-0.05, 0) is 19.8 Å². The molecule has 1 aliphatic rings. The first kappa shape index (κ1) is 9.77. The summed E-state index contributed by atoms with van der Waals surface area (Å²) in [6, 6.07) is 0.425. The van der Waals surface area contributed by atoms with Crippen molar-refractivity contribution in [2.24, 2.45) is 0 Å². The molecule has 0 amide bonds. The minimum Gasteiger partial charge on any atom is -0.478 e. The smallest absolute Gasteiger partial charge is 0.340 e. The first-order valence-corrected chi connectivity index (χ1v) is 4.20. The van der Waals surface area contributed by atoms with Gasteiger partial charge in [0.25, 0.3) is 0 Å². The molecule has 0 heterocycles. The van der Waals surface area contributed by atoms with Gasteiger partial charge in [-0.25, -0.2) is 4.79 Å². The Balaban J connectivity index is 2.72. The number of carboxylic acids is 1. The van der Waals surface area contributed by atoms with Crippen molar-refractivity contribution in [1.82, 2.24) is 4.90 Å². The number of ketones is 1. The molecular formula is C9H13NO3.